The number of rotatable bonds is 8. The van der Waals surface area contributed by atoms with Gasteiger partial charge in [-0.25, -0.2) is 9.97 Å². The molecule has 3 aromatic heterocycles. The van der Waals surface area contributed by atoms with Gasteiger partial charge in [-0.1, -0.05) is 12.1 Å². The lowest BCUT2D eigenvalue weighted by atomic mass is 10.1. The first-order chi connectivity index (χ1) is 14.6. The smallest absolute Gasteiger partial charge is 0.265 e. The van der Waals surface area contributed by atoms with Gasteiger partial charge in [0, 0.05) is 20.2 Å². The Labute approximate surface area is 172 Å². The van der Waals surface area contributed by atoms with Gasteiger partial charge in [-0.2, -0.15) is 0 Å². The van der Waals surface area contributed by atoms with Crippen LogP contribution in [-0.4, -0.2) is 45.3 Å². The van der Waals surface area contributed by atoms with Gasteiger partial charge in [0.2, 0.25) is 5.71 Å². The van der Waals surface area contributed by atoms with E-state index in [1.54, 1.807) is 20.4 Å². The number of methoxy groups -OCH3 is 1. The molecule has 30 heavy (non-hydrogen) atoms. The fourth-order valence-corrected chi connectivity index (χ4v) is 3.49. The van der Waals surface area contributed by atoms with Crippen molar-refractivity contribution in [3.05, 3.63) is 58.6 Å². The number of hydrogen-bond donors (Lipinski definition) is 1. The molecule has 9 nitrogen and oxygen atoms in total. The average molecular weight is 409 g/mol. The topological polar surface area (TPSA) is 104 Å². The van der Waals surface area contributed by atoms with Crippen molar-refractivity contribution in [3.63, 3.8) is 0 Å². The van der Waals surface area contributed by atoms with Crippen LogP contribution in [0.25, 0.3) is 22.1 Å². The zero-order valence-electron chi connectivity index (χ0n) is 16.9. The van der Waals surface area contributed by atoms with Crippen LogP contribution in [-0.2, 0) is 17.8 Å². The van der Waals surface area contributed by atoms with Gasteiger partial charge in [0.25, 0.3) is 11.5 Å². The molecule has 156 valence electrons. The van der Waals surface area contributed by atoms with Gasteiger partial charge in [-0.15, -0.1) is 0 Å². The molecule has 1 aromatic carbocycles. The molecule has 0 radical (unpaired) electrons. The van der Waals surface area contributed by atoms with Gasteiger partial charge in [-0.3, -0.25) is 14.2 Å². The second kappa shape index (κ2) is 8.50. The van der Waals surface area contributed by atoms with Crippen molar-refractivity contribution in [1.82, 2.24) is 24.4 Å². The van der Waals surface area contributed by atoms with E-state index < -0.39 is 0 Å². The summed E-state index contributed by atoms with van der Waals surface area (Å²) in [6.45, 7) is 3.55. The van der Waals surface area contributed by atoms with Crippen LogP contribution in [0, 0.1) is 6.92 Å². The summed E-state index contributed by atoms with van der Waals surface area (Å²) < 4.78 is 14.0. The molecule has 0 saturated heterocycles. The molecule has 1 amide bonds. The summed E-state index contributed by atoms with van der Waals surface area (Å²) in [6.07, 6.45) is 3.93. The van der Waals surface area contributed by atoms with Crippen LogP contribution in [0.4, 0.5) is 0 Å². The van der Waals surface area contributed by atoms with E-state index in [1.165, 1.54) is 10.9 Å². The van der Waals surface area contributed by atoms with Crippen LogP contribution in [0.1, 0.15) is 22.5 Å². The fraction of sp³-hybridized carbons (Fsp3) is 0.333. The van der Waals surface area contributed by atoms with E-state index in [2.05, 4.69) is 19.9 Å². The summed E-state index contributed by atoms with van der Waals surface area (Å²) in [7, 11) is 1.56. The first-order valence-corrected chi connectivity index (χ1v) is 9.75. The number of nitrogens with one attached hydrogen (secondary N) is 1. The standard InChI is InChI=1S/C21H23N5O4/c1-14-17(18-20(30-14)24-13-26(21(18)28)10-11-29-2)19(27)22-8-5-9-25-12-23-15-6-3-4-7-16(15)25/h3-4,6-7,12-13H,5,8-11H2,1-2H3,(H,22,27). The minimum Gasteiger partial charge on any atom is -0.442 e. The van der Waals surface area contributed by atoms with Crippen molar-refractivity contribution in [3.8, 4) is 0 Å². The summed E-state index contributed by atoms with van der Waals surface area (Å²) >= 11 is 0. The number of nitrogens with zero attached hydrogens (tertiary/aromatic N) is 4. The quantitative estimate of drug-likeness (QED) is 0.447. The molecule has 0 spiro atoms. The molecule has 4 rings (SSSR count). The molecule has 4 aromatic rings. The van der Waals surface area contributed by atoms with E-state index in [9.17, 15) is 9.59 Å². The minimum absolute atomic E-state index is 0.168. The van der Waals surface area contributed by atoms with E-state index in [4.69, 9.17) is 9.15 Å². The van der Waals surface area contributed by atoms with E-state index >= 15 is 0 Å². The van der Waals surface area contributed by atoms with Crippen molar-refractivity contribution >= 4 is 28.0 Å². The first-order valence-electron chi connectivity index (χ1n) is 9.75. The third-order valence-corrected chi connectivity index (χ3v) is 5.01. The van der Waals surface area contributed by atoms with Crippen molar-refractivity contribution in [1.29, 1.82) is 0 Å². The molecule has 0 fully saturated rings. The number of carbonyl (C=O) groups excluding carboxylic acids is 1. The average Bonchev–Trinajstić information content (AvgIpc) is 3.31. The Kier molecular flexibility index (Phi) is 5.62. The number of para-hydroxylation sites is 2. The number of aryl methyl sites for hydroxylation is 2. The van der Waals surface area contributed by atoms with Crippen molar-refractivity contribution in [2.24, 2.45) is 0 Å². The molecule has 0 saturated carbocycles. The zero-order valence-corrected chi connectivity index (χ0v) is 16.9. The van der Waals surface area contributed by atoms with Gasteiger partial charge in [-0.05, 0) is 25.5 Å². The molecular weight excluding hydrogens is 386 g/mol. The molecule has 0 atom stereocenters. The minimum atomic E-state index is -0.342. The highest BCUT2D eigenvalue weighted by molar-refractivity contribution is 6.06. The Balaban J connectivity index is 1.46. The lowest BCUT2D eigenvalue weighted by Gasteiger charge is -2.07. The predicted octanol–water partition coefficient (Wildman–Crippen LogP) is 2.11. The number of benzene rings is 1. The third-order valence-electron chi connectivity index (χ3n) is 5.01. The molecule has 0 aliphatic rings. The maximum absolute atomic E-state index is 12.8. The highest BCUT2D eigenvalue weighted by Gasteiger charge is 2.22. The molecule has 0 aliphatic heterocycles. The van der Waals surface area contributed by atoms with E-state index in [1.807, 2.05) is 24.3 Å². The summed E-state index contributed by atoms with van der Waals surface area (Å²) in [5.41, 5.74) is 2.09. The van der Waals surface area contributed by atoms with Gasteiger partial charge >= 0.3 is 0 Å². The van der Waals surface area contributed by atoms with Crippen LogP contribution >= 0.6 is 0 Å². The number of carbonyl (C=O) groups is 1. The van der Waals surface area contributed by atoms with Gasteiger partial charge in [0.1, 0.15) is 17.5 Å². The number of fused-ring (bicyclic) bond motifs is 2. The lowest BCUT2D eigenvalue weighted by molar-refractivity contribution is 0.0952. The normalized spacial score (nSPS) is 11.4. The second-order valence-corrected chi connectivity index (χ2v) is 6.99. The first kappa shape index (κ1) is 19.8. The molecule has 0 bridgehead atoms. The molecule has 1 N–H and O–H groups in total. The van der Waals surface area contributed by atoms with Crippen molar-refractivity contribution in [2.45, 2.75) is 26.4 Å². The maximum Gasteiger partial charge on any atom is 0.265 e. The monoisotopic (exact) mass is 409 g/mol. The van der Waals surface area contributed by atoms with E-state index in [0.717, 1.165) is 24.0 Å². The Bertz CT molecular complexity index is 1250. The second-order valence-electron chi connectivity index (χ2n) is 6.99. The Morgan fingerprint density at radius 2 is 1.97 bits per heavy atom. The largest absolute Gasteiger partial charge is 0.442 e. The van der Waals surface area contributed by atoms with E-state index in [-0.39, 0.29) is 28.1 Å². The lowest BCUT2D eigenvalue weighted by Crippen LogP contribution is -2.28. The fourth-order valence-electron chi connectivity index (χ4n) is 3.49. The molecular formula is C21H23N5O4. The SMILES string of the molecule is COCCn1cnc2oc(C)c(C(=O)NCCCn3cnc4ccccc43)c2c1=O. The summed E-state index contributed by atoms with van der Waals surface area (Å²) in [5, 5.41) is 3.08. The Hall–Kier alpha value is -3.46. The highest BCUT2D eigenvalue weighted by atomic mass is 16.5. The van der Waals surface area contributed by atoms with Gasteiger partial charge < -0.3 is 19.0 Å². The van der Waals surface area contributed by atoms with Crippen LogP contribution in [0.5, 0.6) is 0 Å². The number of amides is 1. The van der Waals surface area contributed by atoms with Gasteiger partial charge in [0.05, 0.1) is 36.1 Å². The van der Waals surface area contributed by atoms with Crippen LogP contribution in [0.3, 0.4) is 0 Å². The Morgan fingerprint density at radius 1 is 1.17 bits per heavy atom. The van der Waals surface area contributed by atoms with Crippen molar-refractivity contribution in [2.75, 3.05) is 20.3 Å². The molecule has 0 aliphatic carbocycles. The molecule has 9 heteroatoms. The Morgan fingerprint density at radius 3 is 2.80 bits per heavy atom. The van der Waals surface area contributed by atoms with E-state index in [0.29, 0.717) is 25.5 Å². The molecule has 3 heterocycles. The molecule has 0 unspecified atom stereocenters. The van der Waals surface area contributed by atoms with Crippen LogP contribution < -0.4 is 10.9 Å². The van der Waals surface area contributed by atoms with Gasteiger partial charge in [0.15, 0.2) is 0 Å². The van der Waals surface area contributed by atoms with Crippen LogP contribution in [0.2, 0.25) is 0 Å². The van der Waals surface area contributed by atoms with Crippen LogP contribution in [0.15, 0.2) is 46.1 Å². The van der Waals surface area contributed by atoms with Crippen molar-refractivity contribution < 1.29 is 13.9 Å². The third kappa shape index (κ3) is 3.71. The summed E-state index contributed by atoms with van der Waals surface area (Å²) in [4.78, 5) is 34.1. The predicted molar refractivity (Wildman–Crippen MR) is 112 cm³/mol. The summed E-state index contributed by atoms with van der Waals surface area (Å²) in [5.74, 6) is 0.0299. The summed E-state index contributed by atoms with van der Waals surface area (Å²) in [6, 6.07) is 7.91. The zero-order chi connectivity index (χ0) is 21.1. The number of furan rings is 1. The number of ether oxygens (including phenoxy) is 1. The number of imidazole rings is 1. The number of hydrogen-bond acceptors (Lipinski definition) is 6. The maximum atomic E-state index is 12.8. The highest BCUT2D eigenvalue weighted by Crippen LogP contribution is 2.20. The number of aromatic nitrogens is 4.